The molecule has 3 heterocycles. The zero-order chi connectivity index (χ0) is 20.7. The number of nitrogens with zero attached hydrogens (tertiary/aromatic N) is 2. The Morgan fingerprint density at radius 3 is 2.52 bits per heavy atom. The van der Waals surface area contributed by atoms with Gasteiger partial charge in [-0.2, -0.15) is 0 Å². The SMILES string of the molecule is CC(=O)c1ccccc1NC(=O)c1cc(-c2cc(C)sc2C)nc2onc(C)c12. The minimum atomic E-state index is -0.344. The molecule has 0 saturated carbocycles. The molecule has 146 valence electrons. The van der Waals surface area contributed by atoms with E-state index in [0.717, 1.165) is 15.3 Å². The Morgan fingerprint density at radius 2 is 1.83 bits per heavy atom. The third-order valence-corrected chi connectivity index (χ3v) is 5.70. The van der Waals surface area contributed by atoms with Crippen LogP contribution in [0, 0.1) is 20.8 Å². The average Bonchev–Trinajstić information content (AvgIpc) is 3.22. The van der Waals surface area contributed by atoms with Crippen LogP contribution in [-0.4, -0.2) is 21.8 Å². The number of thiophene rings is 1. The highest BCUT2D eigenvalue weighted by Gasteiger charge is 2.21. The number of fused-ring (bicyclic) bond motifs is 1. The van der Waals surface area contributed by atoms with Gasteiger partial charge in [0.2, 0.25) is 0 Å². The summed E-state index contributed by atoms with van der Waals surface area (Å²) in [5.74, 6) is -0.463. The number of amides is 1. The van der Waals surface area contributed by atoms with Gasteiger partial charge in [0.1, 0.15) is 0 Å². The maximum Gasteiger partial charge on any atom is 0.259 e. The van der Waals surface area contributed by atoms with Crippen LogP contribution in [0.5, 0.6) is 0 Å². The molecule has 0 saturated heterocycles. The molecule has 29 heavy (non-hydrogen) atoms. The zero-order valence-corrected chi connectivity index (χ0v) is 17.3. The van der Waals surface area contributed by atoms with Crippen LogP contribution in [0.4, 0.5) is 5.69 Å². The maximum absolute atomic E-state index is 13.2. The largest absolute Gasteiger partial charge is 0.335 e. The molecule has 0 spiro atoms. The van der Waals surface area contributed by atoms with E-state index < -0.39 is 0 Å². The Hall–Kier alpha value is -3.32. The van der Waals surface area contributed by atoms with Crippen molar-refractivity contribution >= 4 is 39.8 Å². The predicted octanol–water partition coefficient (Wildman–Crippen LogP) is 5.33. The molecule has 1 amide bonds. The fourth-order valence-corrected chi connectivity index (χ4v) is 4.32. The first-order valence-electron chi connectivity index (χ1n) is 9.11. The van der Waals surface area contributed by atoms with Crippen LogP contribution in [0.3, 0.4) is 0 Å². The van der Waals surface area contributed by atoms with Crippen molar-refractivity contribution in [2.24, 2.45) is 0 Å². The summed E-state index contributed by atoms with van der Waals surface area (Å²) in [5.41, 5.74) is 3.84. The molecule has 7 heteroatoms. The number of aryl methyl sites for hydroxylation is 3. The molecule has 4 rings (SSSR count). The Bertz CT molecular complexity index is 1270. The number of rotatable bonds is 4. The lowest BCUT2D eigenvalue weighted by molar-refractivity contribution is 0.101. The molecule has 0 aliphatic heterocycles. The number of nitrogens with one attached hydrogen (secondary N) is 1. The van der Waals surface area contributed by atoms with Gasteiger partial charge < -0.3 is 9.84 Å². The van der Waals surface area contributed by atoms with Crippen LogP contribution >= 0.6 is 11.3 Å². The molecule has 0 aliphatic carbocycles. The van der Waals surface area contributed by atoms with Crippen molar-refractivity contribution in [3.05, 3.63) is 63.0 Å². The smallest absolute Gasteiger partial charge is 0.259 e. The Labute approximate surface area is 171 Å². The van der Waals surface area contributed by atoms with E-state index in [4.69, 9.17) is 4.52 Å². The van der Waals surface area contributed by atoms with Crippen molar-refractivity contribution < 1.29 is 14.1 Å². The van der Waals surface area contributed by atoms with Crippen LogP contribution < -0.4 is 5.32 Å². The fraction of sp³-hybridized carbons (Fsp3) is 0.182. The lowest BCUT2D eigenvalue weighted by atomic mass is 10.0. The zero-order valence-electron chi connectivity index (χ0n) is 16.5. The summed E-state index contributed by atoms with van der Waals surface area (Å²) >= 11 is 1.67. The monoisotopic (exact) mass is 405 g/mol. The van der Waals surface area contributed by atoms with Gasteiger partial charge in [-0.05, 0) is 52.0 Å². The van der Waals surface area contributed by atoms with Crippen LogP contribution in [0.1, 0.15) is 43.1 Å². The van der Waals surface area contributed by atoms with Crippen LogP contribution in [0.25, 0.3) is 22.4 Å². The van der Waals surface area contributed by atoms with Gasteiger partial charge in [-0.3, -0.25) is 9.59 Å². The van der Waals surface area contributed by atoms with Crippen molar-refractivity contribution in [2.45, 2.75) is 27.7 Å². The molecular formula is C22H19N3O3S. The third-order valence-electron chi connectivity index (χ3n) is 4.73. The molecule has 4 aromatic rings. The molecule has 1 aromatic carbocycles. The van der Waals surface area contributed by atoms with E-state index in [2.05, 4.69) is 15.5 Å². The number of hydrogen-bond acceptors (Lipinski definition) is 6. The van der Waals surface area contributed by atoms with Crippen molar-refractivity contribution in [2.75, 3.05) is 5.32 Å². The van der Waals surface area contributed by atoms with Crippen molar-refractivity contribution in [1.82, 2.24) is 10.1 Å². The van der Waals surface area contributed by atoms with E-state index in [0.29, 0.717) is 39.3 Å². The van der Waals surface area contributed by atoms with E-state index >= 15 is 0 Å². The number of para-hydroxylation sites is 1. The van der Waals surface area contributed by atoms with Gasteiger partial charge >= 0.3 is 0 Å². The van der Waals surface area contributed by atoms with Gasteiger partial charge in [0.15, 0.2) is 5.78 Å². The van der Waals surface area contributed by atoms with Crippen molar-refractivity contribution in [3.8, 4) is 11.3 Å². The molecule has 3 aromatic heterocycles. The number of carbonyl (C=O) groups is 2. The molecule has 0 radical (unpaired) electrons. The third kappa shape index (κ3) is 3.45. The van der Waals surface area contributed by atoms with Crippen molar-refractivity contribution in [3.63, 3.8) is 0 Å². The predicted molar refractivity (Wildman–Crippen MR) is 114 cm³/mol. The van der Waals surface area contributed by atoms with E-state index in [-0.39, 0.29) is 11.7 Å². The number of ketones is 1. The molecule has 0 unspecified atom stereocenters. The van der Waals surface area contributed by atoms with Crippen LogP contribution in [0.15, 0.2) is 40.9 Å². The summed E-state index contributed by atoms with van der Waals surface area (Å²) in [4.78, 5) is 32.0. The van der Waals surface area contributed by atoms with E-state index in [9.17, 15) is 9.59 Å². The van der Waals surface area contributed by atoms with Gasteiger partial charge in [-0.15, -0.1) is 11.3 Å². The highest BCUT2D eigenvalue weighted by molar-refractivity contribution is 7.12. The summed E-state index contributed by atoms with van der Waals surface area (Å²) in [7, 11) is 0. The maximum atomic E-state index is 13.2. The highest BCUT2D eigenvalue weighted by atomic mass is 32.1. The number of hydrogen-bond donors (Lipinski definition) is 1. The second-order valence-electron chi connectivity index (χ2n) is 6.89. The van der Waals surface area contributed by atoms with Crippen molar-refractivity contribution in [1.29, 1.82) is 0 Å². The molecular weight excluding hydrogens is 386 g/mol. The number of carbonyl (C=O) groups excluding carboxylic acids is 2. The number of anilines is 1. The summed E-state index contributed by atoms with van der Waals surface area (Å²) in [6.07, 6.45) is 0. The first kappa shape index (κ1) is 19.0. The quantitative estimate of drug-likeness (QED) is 0.464. The topological polar surface area (TPSA) is 85.1 Å². The van der Waals surface area contributed by atoms with Gasteiger partial charge in [0, 0.05) is 20.9 Å². The second-order valence-corrected chi connectivity index (χ2v) is 8.35. The number of benzene rings is 1. The lowest BCUT2D eigenvalue weighted by Crippen LogP contribution is -2.15. The second kappa shape index (κ2) is 7.25. The van der Waals surface area contributed by atoms with E-state index in [1.807, 2.05) is 19.9 Å². The van der Waals surface area contributed by atoms with Gasteiger partial charge in [0.05, 0.1) is 28.0 Å². The minimum Gasteiger partial charge on any atom is -0.335 e. The molecule has 0 aliphatic rings. The van der Waals surface area contributed by atoms with Gasteiger partial charge in [0.25, 0.3) is 11.6 Å². The number of pyridine rings is 1. The molecule has 0 fully saturated rings. The minimum absolute atomic E-state index is 0.119. The summed E-state index contributed by atoms with van der Waals surface area (Å²) in [6, 6.07) is 10.7. The first-order valence-corrected chi connectivity index (χ1v) is 9.92. The Morgan fingerprint density at radius 1 is 1.07 bits per heavy atom. The van der Waals surface area contributed by atoms with E-state index in [1.54, 1.807) is 48.6 Å². The highest BCUT2D eigenvalue weighted by Crippen LogP contribution is 2.33. The molecule has 6 nitrogen and oxygen atoms in total. The number of aromatic nitrogens is 2. The lowest BCUT2D eigenvalue weighted by Gasteiger charge is -2.10. The summed E-state index contributed by atoms with van der Waals surface area (Å²) in [6.45, 7) is 7.30. The van der Waals surface area contributed by atoms with Gasteiger partial charge in [-0.25, -0.2) is 4.98 Å². The standard InChI is InChI=1S/C22H19N3O3S/c1-11-9-16(14(4)29-11)19-10-17(20-12(2)25-28-22(20)24-19)21(27)23-18-8-6-5-7-15(18)13(3)26/h5-10H,1-4H3,(H,23,27). The van der Waals surface area contributed by atoms with Gasteiger partial charge in [-0.1, -0.05) is 17.3 Å². The summed E-state index contributed by atoms with van der Waals surface area (Å²) in [5, 5.41) is 7.41. The van der Waals surface area contributed by atoms with Crippen LogP contribution in [-0.2, 0) is 0 Å². The first-order chi connectivity index (χ1) is 13.8. The Kier molecular flexibility index (Phi) is 4.76. The molecule has 0 atom stereocenters. The van der Waals surface area contributed by atoms with Crippen LogP contribution in [0.2, 0.25) is 0 Å². The fourth-order valence-electron chi connectivity index (χ4n) is 3.39. The normalized spacial score (nSPS) is 11.0. The number of Topliss-reactive ketones (excluding diaryl/α,β-unsaturated/α-hetero) is 1. The van der Waals surface area contributed by atoms with E-state index in [1.165, 1.54) is 6.92 Å². The average molecular weight is 405 g/mol. The summed E-state index contributed by atoms with van der Waals surface area (Å²) < 4.78 is 5.37. The molecule has 0 bridgehead atoms. The molecule has 1 N–H and O–H groups in total. The Balaban J connectivity index is 1.84.